The van der Waals surface area contributed by atoms with Crippen LogP contribution < -0.4 is 32.3 Å². The monoisotopic (exact) mass is 787 g/mol. The van der Waals surface area contributed by atoms with Crippen molar-refractivity contribution in [1.29, 1.82) is 0 Å². The summed E-state index contributed by atoms with van der Waals surface area (Å²) in [5.41, 5.74) is 6.07. The van der Waals surface area contributed by atoms with E-state index in [-0.39, 0.29) is 43.6 Å². The van der Waals surface area contributed by atoms with Gasteiger partial charge in [0.2, 0.25) is 35.4 Å². The molecule has 0 aliphatic carbocycles. The number of nitrogens with two attached hydrogens (primary N) is 1. The van der Waals surface area contributed by atoms with Crippen molar-refractivity contribution < 1.29 is 48.2 Å². The molecule has 2 rings (SSSR count). The van der Waals surface area contributed by atoms with Gasteiger partial charge in [0, 0.05) is 13.5 Å². The zero-order valence-electron chi connectivity index (χ0n) is 33.8. The Morgan fingerprint density at radius 1 is 0.857 bits per heavy atom. The highest BCUT2D eigenvalue weighted by molar-refractivity contribution is 5.96. The molecule has 0 radical (unpaired) electrons. The number of nitrogens with one attached hydrogen (secondary N) is 5. The number of carbonyl (C=O) groups is 8. The summed E-state index contributed by atoms with van der Waals surface area (Å²) >= 11 is 0. The van der Waals surface area contributed by atoms with Crippen molar-refractivity contribution >= 4 is 47.3 Å². The van der Waals surface area contributed by atoms with Crippen molar-refractivity contribution in [2.75, 3.05) is 13.7 Å². The molecule has 56 heavy (non-hydrogen) atoms. The highest BCUT2D eigenvalue weighted by Crippen LogP contribution is 2.22. The highest BCUT2D eigenvalue weighted by atomic mass is 16.5. The van der Waals surface area contributed by atoms with Gasteiger partial charge < -0.3 is 47.1 Å². The standard InChI is InChI=1S/C39H61N7O10/c1-9-23(6)32(37(53)44-31(22(4)5)39(55)56-8)45-36(52)29-16-13-17-46(29)38(54)33(49)26(19-25-14-11-10-12-15-25)42-35(51)28(20-30(40)48)43-34(50)27(18-21(2)3)41-24(7)47/h10-12,14-15,21-23,26-29,31-33,49H,9,13,16-20H2,1-8H3,(H2,40,48)(H,41,47)(H,42,51)(H,43,50)(H,44,53)(H,45,52)/t23?,26?,27-,28-,29-,31-,32-,33?/m0/s1. The fourth-order valence-electron chi connectivity index (χ4n) is 6.49. The van der Waals surface area contributed by atoms with E-state index < -0.39 is 96.1 Å². The number of benzene rings is 1. The van der Waals surface area contributed by atoms with Crippen LogP contribution in [0.2, 0.25) is 0 Å². The minimum atomic E-state index is -1.90. The van der Waals surface area contributed by atoms with Crippen LogP contribution in [0.15, 0.2) is 30.3 Å². The lowest BCUT2D eigenvalue weighted by atomic mass is 9.96. The molecular formula is C39H61N7O10. The molecule has 1 aliphatic rings. The summed E-state index contributed by atoms with van der Waals surface area (Å²) in [6.45, 7) is 12.1. The summed E-state index contributed by atoms with van der Waals surface area (Å²) in [5.74, 6) is -6.45. The minimum Gasteiger partial charge on any atom is -0.467 e. The molecule has 3 unspecified atom stereocenters. The molecule has 17 nitrogen and oxygen atoms in total. The van der Waals surface area contributed by atoms with Crippen LogP contribution in [0.5, 0.6) is 0 Å². The maximum Gasteiger partial charge on any atom is 0.328 e. The van der Waals surface area contributed by atoms with Crippen molar-refractivity contribution in [3.63, 3.8) is 0 Å². The van der Waals surface area contributed by atoms with Crippen molar-refractivity contribution in [2.45, 2.75) is 129 Å². The summed E-state index contributed by atoms with van der Waals surface area (Å²) in [6, 6.07) is 1.74. The van der Waals surface area contributed by atoms with E-state index in [9.17, 15) is 43.5 Å². The summed E-state index contributed by atoms with van der Waals surface area (Å²) in [6.07, 6.45) is -1.21. The summed E-state index contributed by atoms with van der Waals surface area (Å²) in [4.78, 5) is 106. The molecule has 1 fully saturated rings. The number of primary amides is 1. The number of esters is 1. The van der Waals surface area contributed by atoms with Gasteiger partial charge in [-0.1, -0.05) is 78.3 Å². The number of aliphatic hydroxyl groups is 1. The van der Waals surface area contributed by atoms with Crippen molar-refractivity contribution in [3.8, 4) is 0 Å². The van der Waals surface area contributed by atoms with E-state index in [1.165, 1.54) is 18.9 Å². The topological polar surface area (TPSA) is 255 Å². The maximum atomic E-state index is 14.1. The summed E-state index contributed by atoms with van der Waals surface area (Å²) in [5, 5.41) is 24.7. The van der Waals surface area contributed by atoms with Gasteiger partial charge in [0.15, 0.2) is 6.10 Å². The van der Waals surface area contributed by atoms with Gasteiger partial charge in [-0.15, -0.1) is 0 Å². The van der Waals surface area contributed by atoms with Crippen LogP contribution in [-0.2, 0) is 49.5 Å². The highest BCUT2D eigenvalue weighted by Gasteiger charge is 2.42. The van der Waals surface area contributed by atoms with E-state index in [0.29, 0.717) is 18.4 Å². The second-order valence-electron chi connectivity index (χ2n) is 15.2. The van der Waals surface area contributed by atoms with Crippen LogP contribution in [-0.4, -0.2) is 113 Å². The van der Waals surface area contributed by atoms with E-state index in [2.05, 4.69) is 26.6 Å². The normalized spacial score (nSPS) is 17.7. The number of likely N-dealkylation sites (tertiary alicyclic amines) is 1. The Morgan fingerprint density at radius 3 is 2.02 bits per heavy atom. The van der Waals surface area contributed by atoms with Gasteiger partial charge in [0.1, 0.15) is 30.2 Å². The second-order valence-corrected chi connectivity index (χ2v) is 15.2. The first-order valence-corrected chi connectivity index (χ1v) is 19.2. The Morgan fingerprint density at radius 2 is 1.48 bits per heavy atom. The lowest BCUT2D eigenvalue weighted by molar-refractivity contribution is -0.148. The number of amides is 7. The first-order chi connectivity index (χ1) is 26.3. The predicted molar refractivity (Wildman–Crippen MR) is 206 cm³/mol. The average molecular weight is 788 g/mol. The summed E-state index contributed by atoms with van der Waals surface area (Å²) < 4.78 is 4.84. The van der Waals surface area contributed by atoms with E-state index in [1.807, 2.05) is 20.8 Å². The molecular weight excluding hydrogens is 726 g/mol. The van der Waals surface area contributed by atoms with Gasteiger partial charge in [-0.3, -0.25) is 33.6 Å². The maximum absolute atomic E-state index is 14.1. The van der Waals surface area contributed by atoms with Gasteiger partial charge in [-0.2, -0.15) is 0 Å². The number of carbonyl (C=O) groups excluding carboxylic acids is 8. The Kier molecular flexibility index (Phi) is 18.9. The number of rotatable bonds is 21. The van der Waals surface area contributed by atoms with Crippen LogP contribution in [0.25, 0.3) is 0 Å². The first kappa shape index (κ1) is 47.1. The third-order valence-corrected chi connectivity index (χ3v) is 9.75. The third kappa shape index (κ3) is 14.2. The molecule has 8 N–H and O–H groups in total. The molecule has 0 bridgehead atoms. The fraction of sp³-hybridized carbons (Fsp3) is 0.641. The quantitative estimate of drug-likeness (QED) is 0.0810. The van der Waals surface area contributed by atoms with Gasteiger partial charge >= 0.3 is 5.97 Å². The third-order valence-electron chi connectivity index (χ3n) is 9.75. The number of hydrogen-bond donors (Lipinski definition) is 7. The molecule has 0 spiro atoms. The van der Waals surface area contributed by atoms with E-state index in [1.54, 1.807) is 51.1 Å². The lowest BCUT2D eigenvalue weighted by Gasteiger charge is -2.33. The SMILES string of the molecule is CCC(C)[C@H](NC(=O)[C@@H]1CCCN1C(=O)C(O)C(Cc1ccccc1)NC(=O)[C@H](CC(N)=O)NC(=O)[C@H](CC(C)C)NC(C)=O)C(=O)N[C@H](C(=O)OC)C(C)C. The fourth-order valence-corrected chi connectivity index (χ4v) is 6.49. The Balaban J connectivity index is 2.37. The van der Waals surface area contributed by atoms with Gasteiger partial charge in [0.25, 0.3) is 5.91 Å². The molecule has 0 aromatic heterocycles. The largest absolute Gasteiger partial charge is 0.467 e. The Bertz CT molecular complexity index is 1540. The van der Waals surface area contributed by atoms with Gasteiger partial charge in [-0.05, 0) is 49.0 Å². The molecule has 8 atom stereocenters. The molecule has 17 heteroatoms. The molecule has 7 amide bonds. The van der Waals surface area contributed by atoms with Crippen LogP contribution >= 0.6 is 0 Å². The number of ether oxygens (including phenoxy) is 1. The van der Waals surface area contributed by atoms with E-state index in [4.69, 9.17) is 10.5 Å². The average Bonchev–Trinajstić information content (AvgIpc) is 3.64. The number of nitrogens with zero attached hydrogens (tertiary/aromatic N) is 1. The van der Waals surface area contributed by atoms with E-state index in [0.717, 1.165) is 0 Å². The number of hydrogen-bond acceptors (Lipinski definition) is 10. The molecule has 1 saturated heterocycles. The van der Waals surface area contributed by atoms with E-state index >= 15 is 0 Å². The van der Waals surface area contributed by atoms with Gasteiger partial charge in [-0.25, -0.2) is 4.79 Å². The zero-order valence-corrected chi connectivity index (χ0v) is 33.8. The van der Waals surface area contributed by atoms with Gasteiger partial charge in [0.05, 0.1) is 19.6 Å². The number of methoxy groups -OCH3 is 1. The minimum absolute atomic E-state index is 0.0178. The van der Waals surface area contributed by atoms with Crippen LogP contribution in [0.3, 0.4) is 0 Å². The Hall–Kier alpha value is -5.06. The molecule has 1 heterocycles. The molecule has 1 aliphatic heterocycles. The Labute approximate surface area is 329 Å². The zero-order chi connectivity index (χ0) is 42.3. The summed E-state index contributed by atoms with van der Waals surface area (Å²) in [7, 11) is 1.21. The molecule has 312 valence electrons. The lowest BCUT2D eigenvalue weighted by Crippen LogP contribution is -2.61. The van der Waals surface area contributed by atoms with Crippen molar-refractivity contribution in [2.24, 2.45) is 23.5 Å². The molecule has 1 aromatic carbocycles. The van der Waals surface area contributed by atoms with Crippen molar-refractivity contribution in [3.05, 3.63) is 35.9 Å². The molecule has 0 saturated carbocycles. The first-order valence-electron chi connectivity index (χ1n) is 19.2. The van der Waals surface area contributed by atoms with Crippen LogP contribution in [0, 0.1) is 17.8 Å². The van der Waals surface area contributed by atoms with Crippen molar-refractivity contribution in [1.82, 2.24) is 31.5 Å². The molecule has 1 aromatic rings. The second kappa shape index (κ2) is 22.5. The van der Waals surface area contributed by atoms with Crippen LogP contribution in [0.4, 0.5) is 0 Å². The smallest absolute Gasteiger partial charge is 0.328 e. The predicted octanol–water partition coefficient (Wildman–Crippen LogP) is -0.178. The number of aliphatic hydroxyl groups excluding tert-OH is 1. The van der Waals surface area contributed by atoms with Crippen LogP contribution in [0.1, 0.15) is 86.1 Å².